The van der Waals surface area contributed by atoms with Gasteiger partial charge in [-0.25, -0.2) is 0 Å². The van der Waals surface area contributed by atoms with Crippen LogP contribution >= 0.6 is 0 Å². The molecule has 2 aromatic rings. The first-order valence-corrected chi connectivity index (χ1v) is 8.10. The van der Waals surface area contributed by atoms with E-state index in [0.29, 0.717) is 18.0 Å². The Morgan fingerprint density at radius 2 is 1.75 bits per heavy atom. The maximum atomic E-state index is 13.3. The molecule has 1 N–H and O–H groups in total. The Morgan fingerprint density at radius 1 is 1.00 bits per heavy atom. The van der Waals surface area contributed by atoms with E-state index in [1.54, 1.807) is 6.07 Å². The van der Waals surface area contributed by atoms with E-state index in [0.717, 1.165) is 18.2 Å². The molecule has 0 bridgehead atoms. The third-order valence-electron chi connectivity index (χ3n) is 4.07. The van der Waals surface area contributed by atoms with Crippen molar-refractivity contribution >= 4 is 0 Å². The van der Waals surface area contributed by atoms with Crippen LogP contribution in [-0.2, 0) is 19.3 Å². The molecule has 0 amide bonds. The van der Waals surface area contributed by atoms with Crippen LogP contribution in [0.1, 0.15) is 29.5 Å². The molecule has 1 aliphatic carbocycles. The summed E-state index contributed by atoms with van der Waals surface area (Å²) in [6.07, 6.45) is -2.03. The molecule has 0 aromatic heterocycles. The summed E-state index contributed by atoms with van der Waals surface area (Å²) in [5.74, 6) is 0.599. The number of nitrogens with one attached hydrogen (secondary N) is 1. The predicted molar refractivity (Wildman–Crippen MR) is 86.6 cm³/mol. The molecular formula is C19H20F3NO. The van der Waals surface area contributed by atoms with E-state index in [1.165, 1.54) is 18.9 Å². The van der Waals surface area contributed by atoms with Gasteiger partial charge in [-0.1, -0.05) is 42.5 Å². The quantitative estimate of drug-likeness (QED) is 0.786. The van der Waals surface area contributed by atoms with E-state index < -0.39 is 11.7 Å². The Hall–Kier alpha value is -2.01. The van der Waals surface area contributed by atoms with Gasteiger partial charge >= 0.3 is 6.18 Å². The molecule has 1 fully saturated rings. The molecule has 0 heterocycles. The lowest BCUT2D eigenvalue weighted by atomic mass is 10.1. The molecule has 1 aliphatic rings. The summed E-state index contributed by atoms with van der Waals surface area (Å²) in [5, 5.41) is 3.23. The second-order valence-electron chi connectivity index (χ2n) is 6.14. The van der Waals surface area contributed by atoms with Crippen LogP contribution in [0.2, 0.25) is 0 Å². The molecule has 1 saturated carbocycles. The zero-order valence-electron chi connectivity index (χ0n) is 13.3. The average molecular weight is 335 g/mol. The Labute approximate surface area is 139 Å². The number of rotatable bonds is 7. The highest BCUT2D eigenvalue weighted by atomic mass is 19.4. The number of hydrogen-bond donors (Lipinski definition) is 1. The van der Waals surface area contributed by atoms with E-state index in [1.807, 2.05) is 30.3 Å². The lowest BCUT2D eigenvalue weighted by Crippen LogP contribution is -2.18. The summed E-state index contributed by atoms with van der Waals surface area (Å²) in [5.41, 5.74) is 0.664. The molecule has 128 valence electrons. The monoisotopic (exact) mass is 335 g/mol. The molecule has 24 heavy (non-hydrogen) atoms. The van der Waals surface area contributed by atoms with Crippen LogP contribution in [0.4, 0.5) is 13.2 Å². The molecule has 2 aromatic carbocycles. The summed E-state index contributed by atoms with van der Waals surface area (Å²) >= 11 is 0. The molecule has 3 rings (SSSR count). The van der Waals surface area contributed by atoms with Crippen molar-refractivity contribution < 1.29 is 17.9 Å². The van der Waals surface area contributed by atoms with Gasteiger partial charge in [0, 0.05) is 12.1 Å². The van der Waals surface area contributed by atoms with Gasteiger partial charge in [0.05, 0.1) is 5.56 Å². The maximum Gasteiger partial charge on any atom is 0.419 e. The third kappa shape index (κ3) is 4.51. The van der Waals surface area contributed by atoms with Crippen molar-refractivity contribution in [1.29, 1.82) is 0 Å². The minimum Gasteiger partial charge on any atom is -0.488 e. The first kappa shape index (κ1) is 16.8. The van der Waals surface area contributed by atoms with Crippen LogP contribution < -0.4 is 10.1 Å². The molecule has 2 nitrogen and oxygen atoms in total. The van der Waals surface area contributed by atoms with Crippen LogP contribution in [0.5, 0.6) is 5.75 Å². The summed E-state index contributed by atoms with van der Waals surface area (Å²) in [6.45, 7) is 1.34. The highest BCUT2D eigenvalue weighted by molar-refractivity contribution is 5.43. The van der Waals surface area contributed by atoms with Gasteiger partial charge in [-0.15, -0.1) is 0 Å². The number of para-hydroxylation sites is 1. The maximum absolute atomic E-state index is 13.3. The van der Waals surface area contributed by atoms with Gasteiger partial charge in [-0.05, 0) is 36.9 Å². The smallest absolute Gasteiger partial charge is 0.419 e. The van der Waals surface area contributed by atoms with E-state index >= 15 is 0 Å². The van der Waals surface area contributed by atoms with Gasteiger partial charge in [0.1, 0.15) is 12.4 Å². The van der Waals surface area contributed by atoms with Gasteiger partial charge < -0.3 is 10.1 Å². The van der Waals surface area contributed by atoms with Crippen molar-refractivity contribution in [1.82, 2.24) is 5.32 Å². The van der Waals surface area contributed by atoms with Gasteiger partial charge in [0.25, 0.3) is 0 Å². The lowest BCUT2D eigenvalue weighted by Gasteiger charge is -2.18. The lowest BCUT2D eigenvalue weighted by molar-refractivity contribution is -0.139. The van der Waals surface area contributed by atoms with E-state index in [9.17, 15) is 13.2 Å². The fourth-order valence-electron chi connectivity index (χ4n) is 2.58. The minimum absolute atomic E-state index is 0.0721. The van der Waals surface area contributed by atoms with Crippen LogP contribution in [0.15, 0.2) is 48.5 Å². The number of benzene rings is 2. The van der Waals surface area contributed by atoms with Crippen LogP contribution in [-0.4, -0.2) is 6.54 Å². The summed E-state index contributed by atoms with van der Waals surface area (Å²) in [7, 11) is 0. The molecule has 0 unspecified atom stereocenters. The van der Waals surface area contributed by atoms with Gasteiger partial charge in [0.15, 0.2) is 0 Å². The second kappa shape index (κ2) is 7.26. The standard InChI is InChI=1S/C19H20F3NO/c20-19(21,22)17-8-4-7-16(12-23-11-14-9-10-14)18(17)24-13-15-5-2-1-3-6-15/h1-8,14,23H,9-13H2. The van der Waals surface area contributed by atoms with Gasteiger partial charge in [-0.2, -0.15) is 13.2 Å². The van der Waals surface area contributed by atoms with Crippen molar-refractivity contribution in [2.45, 2.75) is 32.2 Å². The molecule has 0 atom stereocenters. The Kier molecular flexibility index (Phi) is 5.09. The van der Waals surface area contributed by atoms with Crippen molar-refractivity contribution in [2.75, 3.05) is 6.54 Å². The Morgan fingerprint density at radius 3 is 2.42 bits per heavy atom. The normalized spacial score (nSPS) is 14.6. The third-order valence-corrected chi connectivity index (χ3v) is 4.07. The molecule has 0 aliphatic heterocycles. The number of ether oxygens (including phenoxy) is 1. The average Bonchev–Trinajstić information content (AvgIpc) is 3.38. The zero-order chi connectivity index (χ0) is 17.0. The fraction of sp³-hybridized carbons (Fsp3) is 0.368. The SMILES string of the molecule is FC(F)(F)c1cccc(CNCC2CC2)c1OCc1ccccc1. The predicted octanol–water partition coefficient (Wildman–Crippen LogP) is 4.78. The Balaban J connectivity index is 1.78. The second-order valence-corrected chi connectivity index (χ2v) is 6.14. The summed E-state index contributed by atoms with van der Waals surface area (Å²) < 4.78 is 45.5. The van der Waals surface area contributed by atoms with Crippen LogP contribution in [0.25, 0.3) is 0 Å². The summed E-state index contributed by atoms with van der Waals surface area (Å²) in [4.78, 5) is 0. The van der Waals surface area contributed by atoms with Crippen LogP contribution in [0, 0.1) is 5.92 Å². The summed E-state index contributed by atoms with van der Waals surface area (Å²) in [6, 6.07) is 13.4. The minimum atomic E-state index is -4.43. The number of hydrogen-bond acceptors (Lipinski definition) is 2. The molecule has 5 heteroatoms. The van der Waals surface area contributed by atoms with Gasteiger partial charge in [-0.3, -0.25) is 0 Å². The number of alkyl halides is 3. The topological polar surface area (TPSA) is 21.3 Å². The first-order chi connectivity index (χ1) is 11.5. The van der Waals surface area contributed by atoms with Crippen molar-refractivity contribution in [3.63, 3.8) is 0 Å². The highest BCUT2D eigenvalue weighted by Crippen LogP contribution is 2.38. The van der Waals surface area contributed by atoms with Crippen molar-refractivity contribution in [3.05, 3.63) is 65.2 Å². The Bertz CT molecular complexity index is 666. The zero-order valence-corrected chi connectivity index (χ0v) is 13.3. The molecule has 0 spiro atoms. The van der Waals surface area contributed by atoms with Crippen molar-refractivity contribution in [2.24, 2.45) is 5.92 Å². The van der Waals surface area contributed by atoms with Crippen molar-refractivity contribution in [3.8, 4) is 5.75 Å². The number of halogens is 3. The van der Waals surface area contributed by atoms with E-state index in [-0.39, 0.29) is 12.4 Å². The molecule has 0 saturated heterocycles. The highest BCUT2D eigenvalue weighted by Gasteiger charge is 2.35. The molecule has 0 radical (unpaired) electrons. The molecular weight excluding hydrogens is 315 g/mol. The van der Waals surface area contributed by atoms with E-state index in [4.69, 9.17) is 4.74 Å². The van der Waals surface area contributed by atoms with Gasteiger partial charge in [0.2, 0.25) is 0 Å². The first-order valence-electron chi connectivity index (χ1n) is 8.10. The van der Waals surface area contributed by atoms with Crippen LogP contribution in [0.3, 0.4) is 0 Å². The largest absolute Gasteiger partial charge is 0.488 e. The fourth-order valence-corrected chi connectivity index (χ4v) is 2.58. The van der Waals surface area contributed by atoms with E-state index in [2.05, 4.69) is 5.32 Å².